The maximum Gasteiger partial charge on any atom is 0.387 e. The lowest BCUT2D eigenvalue weighted by Crippen LogP contribution is -2.29. The van der Waals surface area contributed by atoms with Gasteiger partial charge in [0.25, 0.3) is 5.91 Å². The van der Waals surface area contributed by atoms with Gasteiger partial charge in [-0.2, -0.15) is 8.78 Å². The van der Waals surface area contributed by atoms with Crippen LogP contribution in [0.25, 0.3) is 22.2 Å². The van der Waals surface area contributed by atoms with E-state index in [1.807, 2.05) is 61.1 Å². The monoisotopic (exact) mass is 587 g/mol. The Hall–Kier alpha value is -4.29. The third-order valence-corrected chi connectivity index (χ3v) is 6.52. The van der Waals surface area contributed by atoms with Crippen LogP contribution < -0.4 is 20.3 Å². The number of nitrogens with zero attached hydrogens (tertiary/aromatic N) is 5. The molecule has 0 spiro atoms. The number of para-hydroxylation sites is 1. The number of hydrogen-bond acceptors (Lipinski definition) is 7. The molecule has 2 aromatic heterocycles. The Kier molecular flexibility index (Phi) is 9.04. The summed E-state index contributed by atoms with van der Waals surface area (Å²) in [5, 5.41) is 6.52. The Bertz CT molecular complexity index is 1590. The number of rotatable bonds is 11. The standard InChI is InChI=1S/C28H29ClF3N7O2/c1-16(30)26(40)34-20-12-21(24(41-27(31)32)13-23(20)38(4)11-10-37(2)3)35-28-33-14-19(29)25(36-28)18-15-39(5)22-9-7-6-8-17(18)22/h6-9,12-15,27H,1,10-11H2,2-5H3,(H,34,40)(H,33,35,36). The zero-order chi connectivity index (χ0) is 29.8. The van der Waals surface area contributed by atoms with Crippen molar-refractivity contribution in [3.05, 3.63) is 66.2 Å². The lowest BCUT2D eigenvalue weighted by Gasteiger charge is -2.26. The number of benzene rings is 2. The molecule has 2 heterocycles. The number of anilines is 4. The zero-order valence-corrected chi connectivity index (χ0v) is 23.6. The van der Waals surface area contributed by atoms with Gasteiger partial charge in [-0.15, -0.1) is 0 Å². The number of aryl methyl sites for hydroxylation is 1. The smallest absolute Gasteiger partial charge is 0.387 e. The highest BCUT2D eigenvalue weighted by Gasteiger charge is 2.21. The van der Waals surface area contributed by atoms with E-state index in [1.54, 1.807) is 11.9 Å². The van der Waals surface area contributed by atoms with Crippen LogP contribution in [-0.2, 0) is 11.8 Å². The predicted molar refractivity (Wildman–Crippen MR) is 156 cm³/mol. The molecule has 0 saturated carbocycles. The van der Waals surface area contributed by atoms with Gasteiger partial charge in [0.15, 0.2) is 11.6 Å². The van der Waals surface area contributed by atoms with Crippen LogP contribution >= 0.6 is 11.6 Å². The maximum absolute atomic E-state index is 13.6. The van der Waals surface area contributed by atoms with Crippen molar-refractivity contribution in [2.75, 3.05) is 49.8 Å². The van der Waals surface area contributed by atoms with E-state index in [4.69, 9.17) is 16.3 Å². The first-order valence-electron chi connectivity index (χ1n) is 12.4. The van der Waals surface area contributed by atoms with Gasteiger partial charge >= 0.3 is 6.61 Å². The summed E-state index contributed by atoms with van der Waals surface area (Å²) in [6.45, 7) is 0.948. The number of ether oxygens (including phenoxy) is 1. The fourth-order valence-corrected chi connectivity index (χ4v) is 4.40. The van der Waals surface area contributed by atoms with Gasteiger partial charge in [0.1, 0.15) is 0 Å². The van der Waals surface area contributed by atoms with Crippen LogP contribution in [0.15, 0.2) is 61.2 Å². The molecule has 0 aliphatic carbocycles. The van der Waals surface area contributed by atoms with Crippen molar-refractivity contribution in [2.45, 2.75) is 6.61 Å². The highest BCUT2D eigenvalue weighted by atomic mass is 35.5. The van der Waals surface area contributed by atoms with Crippen LogP contribution in [0, 0.1) is 0 Å². The Morgan fingerprint density at radius 2 is 1.90 bits per heavy atom. The van der Waals surface area contributed by atoms with Crippen molar-refractivity contribution in [3.8, 4) is 17.0 Å². The molecule has 216 valence electrons. The minimum Gasteiger partial charge on any atom is -0.433 e. The van der Waals surface area contributed by atoms with Gasteiger partial charge in [-0.1, -0.05) is 36.4 Å². The van der Waals surface area contributed by atoms with Gasteiger partial charge in [-0.3, -0.25) is 4.79 Å². The highest BCUT2D eigenvalue weighted by Crippen LogP contribution is 2.40. The first-order valence-corrected chi connectivity index (χ1v) is 12.8. The second-order valence-corrected chi connectivity index (χ2v) is 9.92. The molecule has 0 bridgehead atoms. The Morgan fingerprint density at radius 1 is 1.17 bits per heavy atom. The number of fused-ring (bicyclic) bond motifs is 1. The third kappa shape index (κ3) is 6.90. The average molecular weight is 588 g/mol. The lowest BCUT2D eigenvalue weighted by atomic mass is 10.1. The summed E-state index contributed by atoms with van der Waals surface area (Å²) >= 11 is 6.48. The molecule has 0 atom stereocenters. The Balaban J connectivity index is 1.79. The second kappa shape index (κ2) is 12.5. The van der Waals surface area contributed by atoms with Crippen molar-refractivity contribution >= 4 is 51.4 Å². The zero-order valence-electron chi connectivity index (χ0n) is 22.9. The molecular formula is C28H29ClF3N7O2. The van der Waals surface area contributed by atoms with E-state index in [9.17, 15) is 18.0 Å². The average Bonchev–Trinajstić information content (AvgIpc) is 3.25. The van der Waals surface area contributed by atoms with E-state index >= 15 is 0 Å². The fraction of sp³-hybridized carbons (Fsp3) is 0.250. The topological polar surface area (TPSA) is 87.5 Å². The molecular weight excluding hydrogens is 559 g/mol. The maximum atomic E-state index is 13.6. The summed E-state index contributed by atoms with van der Waals surface area (Å²) in [4.78, 5) is 24.6. The van der Waals surface area contributed by atoms with Crippen LogP contribution in [-0.4, -0.2) is 66.2 Å². The number of likely N-dealkylation sites (N-methyl/N-ethyl adjacent to an activating group) is 2. The van der Waals surface area contributed by atoms with Crippen molar-refractivity contribution < 1.29 is 22.7 Å². The van der Waals surface area contributed by atoms with E-state index in [-0.39, 0.29) is 28.1 Å². The molecule has 13 heteroatoms. The van der Waals surface area contributed by atoms with Crippen molar-refractivity contribution in [3.63, 3.8) is 0 Å². The summed E-state index contributed by atoms with van der Waals surface area (Å²) < 4.78 is 47.3. The second-order valence-electron chi connectivity index (χ2n) is 9.51. The van der Waals surface area contributed by atoms with Gasteiger partial charge in [-0.25, -0.2) is 14.4 Å². The predicted octanol–water partition coefficient (Wildman–Crippen LogP) is 6.05. The van der Waals surface area contributed by atoms with Crippen LogP contribution in [0.4, 0.5) is 36.2 Å². The van der Waals surface area contributed by atoms with Crippen molar-refractivity contribution in [1.82, 2.24) is 19.4 Å². The van der Waals surface area contributed by atoms with E-state index in [1.165, 1.54) is 18.3 Å². The first-order chi connectivity index (χ1) is 19.4. The number of hydrogen-bond donors (Lipinski definition) is 2. The number of halogens is 4. The molecule has 0 aliphatic rings. The molecule has 1 amide bonds. The van der Waals surface area contributed by atoms with Crippen LogP contribution in [0.3, 0.4) is 0 Å². The van der Waals surface area contributed by atoms with E-state index in [0.717, 1.165) is 16.5 Å². The molecule has 4 aromatic rings. The molecule has 0 radical (unpaired) electrons. The third-order valence-electron chi connectivity index (χ3n) is 6.25. The number of carbonyl (C=O) groups is 1. The van der Waals surface area contributed by atoms with Gasteiger partial charge in [0, 0.05) is 55.9 Å². The number of amides is 1. The highest BCUT2D eigenvalue weighted by molar-refractivity contribution is 6.33. The van der Waals surface area contributed by atoms with E-state index < -0.39 is 18.3 Å². The number of nitrogens with one attached hydrogen (secondary N) is 2. The van der Waals surface area contributed by atoms with Crippen molar-refractivity contribution in [1.29, 1.82) is 0 Å². The number of aromatic nitrogens is 3. The van der Waals surface area contributed by atoms with E-state index in [0.29, 0.717) is 24.5 Å². The Labute approximate surface area is 240 Å². The molecule has 2 N–H and O–H groups in total. The summed E-state index contributed by atoms with van der Waals surface area (Å²) in [6.07, 6.45) is 3.27. The van der Waals surface area contributed by atoms with Crippen LogP contribution in [0.1, 0.15) is 0 Å². The van der Waals surface area contributed by atoms with Crippen LogP contribution in [0.2, 0.25) is 5.02 Å². The minimum atomic E-state index is -3.15. The van der Waals surface area contributed by atoms with Crippen molar-refractivity contribution in [2.24, 2.45) is 7.05 Å². The summed E-state index contributed by atoms with van der Waals surface area (Å²) in [7, 11) is 7.35. The molecule has 0 saturated heterocycles. The van der Waals surface area contributed by atoms with Gasteiger partial charge < -0.3 is 29.7 Å². The number of alkyl halides is 2. The fourth-order valence-electron chi connectivity index (χ4n) is 4.20. The Morgan fingerprint density at radius 3 is 2.59 bits per heavy atom. The van der Waals surface area contributed by atoms with Gasteiger partial charge in [-0.05, 0) is 26.2 Å². The molecule has 0 unspecified atom stereocenters. The summed E-state index contributed by atoms with van der Waals surface area (Å²) in [5.41, 5.74) is 2.57. The summed E-state index contributed by atoms with van der Waals surface area (Å²) in [6, 6.07) is 10.4. The summed E-state index contributed by atoms with van der Waals surface area (Å²) in [5.74, 6) is -2.51. The lowest BCUT2D eigenvalue weighted by molar-refractivity contribution is -0.114. The largest absolute Gasteiger partial charge is 0.433 e. The normalized spacial score (nSPS) is 11.3. The quantitative estimate of drug-likeness (QED) is 0.206. The molecule has 4 rings (SSSR count). The molecule has 2 aromatic carbocycles. The molecule has 41 heavy (non-hydrogen) atoms. The van der Waals surface area contributed by atoms with Gasteiger partial charge in [0.2, 0.25) is 5.95 Å². The molecule has 0 fully saturated rings. The number of carbonyl (C=O) groups excluding carboxylic acids is 1. The SMILES string of the molecule is C=C(F)C(=O)Nc1cc(Nc2ncc(Cl)c(-c3cn(C)c4ccccc34)n2)c(OC(F)F)cc1N(C)CCN(C)C. The van der Waals surface area contributed by atoms with E-state index in [2.05, 4.69) is 27.2 Å². The first kappa shape index (κ1) is 29.7. The minimum absolute atomic E-state index is 0.000946. The molecule has 9 nitrogen and oxygen atoms in total. The molecule has 0 aliphatic heterocycles. The van der Waals surface area contributed by atoms with Crippen LogP contribution in [0.5, 0.6) is 5.75 Å². The van der Waals surface area contributed by atoms with Gasteiger partial charge in [0.05, 0.1) is 34.0 Å².